The molecule has 1 N–H and O–H groups in total. The van der Waals surface area contributed by atoms with Crippen LogP contribution in [0.1, 0.15) is 28.4 Å². The lowest BCUT2D eigenvalue weighted by Crippen LogP contribution is -2.48. The molecule has 0 aromatic heterocycles. The zero-order valence-electron chi connectivity index (χ0n) is 21.7. The first kappa shape index (κ1) is 26.0. The molecule has 6 heteroatoms. The monoisotopic (exact) mass is 490 g/mol. The molecule has 1 atom stereocenters. The van der Waals surface area contributed by atoms with Crippen molar-refractivity contribution >= 4 is 0 Å². The Morgan fingerprint density at radius 1 is 0.750 bits per heavy atom. The van der Waals surface area contributed by atoms with Crippen molar-refractivity contribution in [1.82, 2.24) is 9.80 Å². The fourth-order valence-electron chi connectivity index (χ4n) is 4.91. The van der Waals surface area contributed by atoms with Gasteiger partial charge in [-0.25, -0.2) is 0 Å². The van der Waals surface area contributed by atoms with Crippen molar-refractivity contribution < 1.29 is 19.3 Å². The van der Waals surface area contributed by atoms with Crippen molar-refractivity contribution in [1.29, 1.82) is 0 Å². The summed E-state index contributed by atoms with van der Waals surface area (Å²) in [4.78, 5) is 4.86. The summed E-state index contributed by atoms with van der Waals surface area (Å²) < 4.78 is 16.3. The lowest BCUT2D eigenvalue weighted by atomic mass is 9.98. The summed E-state index contributed by atoms with van der Waals surface area (Å²) in [6, 6.07) is 23.1. The summed E-state index contributed by atoms with van der Waals surface area (Å²) >= 11 is 0. The molecule has 4 rings (SSSR count). The molecular formula is C30H38N2O4. The summed E-state index contributed by atoms with van der Waals surface area (Å²) in [6.45, 7) is 5.51. The second-order valence-corrected chi connectivity index (χ2v) is 9.30. The Kier molecular flexibility index (Phi) is 9.23. The van der Waals surface area contributed by atoms with Crippen molar-refractivity contribution in [3.05, 3.63) is 89.0 Å². The van der Waals surface area contributed by atoms with Gasteiger partial charge in [0.05, 0.1) is 27.4 Å². The highest BCUT2D eigenvalue weighted by Gasteiger charge is 2.22. The van der Waals surface area contributed by atoms with Crippen molar-refractivity contribution in [3.63, 3.8) is 0 Å². The predicted molar refractivity (Wildman–Crippen MR) is 143 cm³/mol. The van der Waals surface area contributed by atoms with Crippen LogP contribution in [0.2, 0.25) is 0 Å². The Hall–Kier alpha value is -3.06. The Morgan fingerprint density at radius 3 is 1.94 bits per heavy atom. The minimum Gasteiger partial charge on any atom is -0.493 e. The van der Waals surface area contributed by atoms with Gasteiger partial charge in [-0.05, 0) is 47.2 Å². The minimum atomic E-state index is -0.630. The normalized spacial score (nSPS) is 15.4. The summed E-state index contributed by atoms with van der Waals surface area (Å²) in [5.41, 5.74) is 4.96. The van der Waals surface area contributed by atoms with Gasteiger partial charge in [0.15, 0.2) is 11.5 Å². The molecule has 0 saturated carbocycles. The van der Waals surface area contributed by atoms with Crippen molar-refractivity contribution in [2.45, 2.75) is 18.9 Å². The molecule has 1 fully saturated rings. The summed E-state index contributed by atoms with van der Waals surface area (Å²) in [5, 5.41) is 10.9. The highest BCUT2D eigenvalue weighted by Crippen LogP contribution is 2.39. The number of β-amino-alcohol motifs (C(OH)–C–C–N with tert-alkyl or cyclic N) is 1. The van der Waals surface area contributed by atoms with E-state index in [-0.39, 0.29) is 0 Å². The third-order valence-corrected chi connectivity index (χ3v) is 7.02. The van der Waals surface area contributed by atoms with Gasteiger partial charge >= 0.3 is 0 Å². The Morgan fingerprint density at radius 2 is 1.33 bits per heavy atom. The summed E-state index contributed by atoms with van der Waals surface area (Å²) in [6.07, 6.45) is 1.40. The average Bonchev–Trinajstić information content (AvgIpc) is 2.93. The number of hydrogen-bond acceptors (Lipinski definition) is 6. The predicted octanol–water partition coefficient (Wildman–Crippen LogP) is 4.20. The van der Waals surface area contributed by atoms with Crippen LogP contribution in [0.5, 0.6) is 17.2 Å². The fraction of sp³-hybridized carbons (Fsp3) is 0.400. The van der Waals surface area contributed by atoms with Gasteiger partial charge in [0.25, 0.3) is 0 Å². The quantitative estimate of drug-likeness (QED) is 0.435. The summed E-state index contributed by atoms with van der Waals surface area (Å²) in [5.74, 6) is 1.65. The largest absolute Gasteiger partial charge is 0.493 e. The molecule has 0 spiro atoms. The second kappa shape index (κ2) is 12.8. The van der Waals surface area contributed by atoms with Gasteiger partial charge in [0.2, 0.25) is 5.75 Å². The van der Waals surface area contributed by atoms with Crippen LogP contribution in [0, 0.1) is 0 Å². The van der Waals surface area contributed by atoms with Gasteiger partial charge in [-0.3, -0.25) is 4.90 Å². The molecule has 0 bridgehead atoms. The van der Waals surface area contributed by atoms with Gasteiger partial charge in [-0.2, -0.15) is 0 Å². The number of ether oxygens (including phenoxy) is 3. The maximum atomic E-state index is 10.9. The summed E-state index contributed by atoms with van der Waals surface area (Å²) in [7, 11) is 4.76. The van der Waals surface area contributed by atoms with Gasteiger partial charge < -0.3 is 24.2 Å². The van der Waals surface area contributed by atoms with Crippen molar-refractivity contribution in [2.75, 3.05) is 60.6 Å². The zero-order valence-corrected chi connectivity index (χ0v) is 21.7. The number of rotatable bonds is 11. The molecule has 3 aromatic rings. The first-order valence-corrected chi connectivity index (χ1v) is 12.6. The second-order valence-electron chi connectivity index (χ2n) is 9.30. The van der Waals surface area contributed by atoms with E-state index in [4.69, 9.17) is 14.2 Å². The maximum absolute atomic E-state index is 10.9. The average molecular weight is 491 g/mol. The van der Waals surface area contributed by atoms with E-state index in [0.717, 1.165) is 51.1 Å². The standard InChI is InChI=1S/C30H38N2O4/c1-34-28-20-26(21-29(35-2)30(28)36-3)27(33)22-32-17-15-31(16-18-32)14-13-24-11-7-8-12-25(24)19-23-9-5-4-6-10-23/h4-12,20-21,27,33H,13-19,22H2,1-3H3. The van der Waals surface area contributed by atoms with Crippen LogP contribution in [0.15, 0.2) is 66.7 Å². The Balaban J connectivity index is 1.29. The highest BCUT2D eigenvalue weighted by molar-refractivity contribution is 5.54. The smallest absolute Gasteiger partial charge is 0.203 e. The van der Waals surface area contributed by atoms with Crippen LogP contribution in [0.4, 0.5) is 0 Å². The van der Waals surface area contributed by atoms with Crippen LogP contribution in [0.25, 0.3) is 0 Å². The molecule has 36 heavy (non-hydrogen) atoms. The molecule has 1 unspecified atom stereocenters. The molecule has 3 aromatic carbocycles. The maximum Gasteiger partial charge on any atom is 0.203 e. The van der Waals surface area contributed by atoms with Crippen LogP contribution >= 0.6 is 0 Å². The van der Waals surface area contributed by atoms with E-state index in [2.05, 4.69) is 64.4 Å². The fourth-order valence-corrected chi connectivity index (χ4v) is 4.91. The molecule has 192 valence electrons. The van der Waals surface area contributed by atoms with E-state index in [1.165, 1.54) is 16.7 Å². The van der Waals surface area contributed by atoms with Crippen molar-refractivity contribution in [2.24, 2.45) is 0 Å². The molecule has 0 aliphatic carbocycles. The number of piperazine rings is 1. The molecule has 1 saturated heterocycles. The molecule has 1 heterocycles. The molecule has 6 nitrogen and oxygen atoms in total. The van der Waals surface area contributed by atoms with Crippen LogP contribution in [-0.4, -0.2) is 75.5 Å². The molecule has 0 amide bonds. The molecular weight excluding hydrogens is 452 g/mol. The van der Waals surface area contributed by atoms with E-state index in [0.29, 0.717) is 23.8 Å². The Labute approximate surface area is 215 Å². The zero-order chi connectivity index (χ0) is 25.3. The molecule has 1 aliphatic rings. The van der Waals surface area contributed by atoms with E-state index in [1.807, 2.05) is 12.1 Å². The van der Waals surface area contributed by atoms with E-state index < -0.39 is 6.10 Å². The molecule has 0 radical (unpaired) electrons. The minimum absolute atomic E-state index is 0.537. The van der Waals surface area contributed by atoms with Crippen LogP contribution in [-0.2, 0) is 12.8 Å². The van der Waals surface area contributed by atoms with E-state index >= 15 is 0 Å². The van der Waals surface area contributed by atoms with E-state index in [9.17, 15) is 5.11 Å². The number of benzene rings is 3. The third kappa shape index (κ3) is 6.58. The number of methoxy groups -OCH3 is 3. The highest BCUT2D eigenvalue weighted by atomic mass is 16.5. The van der Waals surface area contributed by atoms with Crippen LogP contribution < -0.4 is 14.2 Å². The first-order chi connectivity index (χ1) is 17.6. The van der Waals surface area contributed by atoms with Crippen LogP contribution in [0.3, 0.4) is 0 Å². The number of nitrogens with zero attached hydrogens (tertiary/aromatic N) is 2. The van der Waals surface area contributed by atoms with Gasteiger partial charge in [-0.1, -0.05) is 54.6 Å². The number of aliphatic hydroxyl groups is 1. The number of hydrogen-bond donors (Lipinski definition) is 1. The number of aliphatic hydroxyl groups excluding tert-OH is 1. The lowest BCUT2D eigenvalue weighted by Gasteiger charge is -2.35. The Bertz CT molecular complexity index is 1070. The van der Waals surface area contributed by atoms with Gasteiger partial charge in [-0.15, -0.1) is 0 Å². The third-order valence-electron chi connectivity index (χ3n) is 7.02. The van der Waals surface area contributed by atoms with Gasteiger partial charge in [0.1, 0.15) is 0 Å². The van der Waals surface area contributed by atoms with Crippen molar-refractivity contribution in [3.8, 4) is 17.2 Å². The SMILES string of the molecule is COc1cc(C(O)CN2CCN(CCc3ccccc3Cc3ccccc3)CC2)cc(OC)c1OC. The topological polar surface area (TPSA) is 54.4 Å². The van der Waals surface area contributed by atoms with Gasteiger partial charge in [0, 0.05) is 39.3 Å². The first-order valence-electron chi connectivity index (χ1n) is 12.6. The van der Waals surface area contributed by atoms with E-state index in [1.54, 1.807) is 21.3 Å². The molecule has 1 aliphatic heterocycles. The lowest BCUT2D eigenvalue weighted by molar-refractivity contribution is 0.0727.